The van der Waals surface area contributed by atoms with E-state index in [1.54, 1.807) is 4.68 Å². The molecule has 4 nitrogen and oxygen atoms in total. The number of carbonyl (C=O) groups is 1. The standard InChI is InChI=1S/C20H21N3OS3/c1-14(16-9-5-3-6-10-16)13-21-18(24)15(2)26-19-22-23(20(25)27-19)17-11-7-4-8-12-17/h3-12,14-15H,13H2,1-2H3,(H,21,24). The molecule has 0 aliphatic rings. The summed E-state index contributed by atoms with van der Waals surface area (Å²) in [6.07, 6.45) is 0. The highest BCUT2D eigenvalue weighted by Gasteiger charge is 2.18. The van der Waals surface area contributed by atoms with Crippen LogP contribution in [0.2, 0.25) is 0 Å². The maximum absolute atomic E-state index is 12.5. The highest BCUT2D eigenvalue weighted by Crippen LogP contribution is 2.27. The average Bonchev–Trinajstić information content (AvgIpc) is 3.07. The lowest BCUT2D eigenvalue weighted by Gasteiger charge is -2.15. The van der Waals surface area contributed by atoms with Crippen LogP contribution in [0.1, 0.15) is 25.3 Å². The van der Waals surface area contributed by atoms with Crippen LogP contribution < -0.4 is 5.32 Å². The van der Waals surface area contributed by atoms with Crippen molar-refractivity contribution in [2.45, 2.75) is 29.4 Å². The van der Waals surface area contributed by atoms with Crippen molar-refractivity contribution in [1.82, 2.24) is 15.1 Å². The minimum atomic E-state index is -0.238. The zero-order chi connectivity index (χ0) is 19.2. The minimum absolute atomic E-state index is 0.00941. The summed E-state index contributed by atoms with van der Waals surface area (Å²) in [7, 11) is 0. The van der Waals surface area contributed by atoms with Crippen LogP contribution in [-0.2, 0) is 4.79 Å². The van der Waals surface area contributed by atoms with Gasteiger partial charge in [-0.15, -0.1) is 5.10 Å². The van der Waals surface area contributed by atoms with Gasteiger partial charge in [-0.2, -0.15) is 0 Å². The molecule has 0 saturated heterocycles. The third-order valence-electron chi connectivity index (χ3n) is 4.13. The first-order valence-corrected chi connectivity index (χ1v) is 10.8. The normalized spacial score (nSPS) is 13.1. The molecule has 2 aromatic carbocycles. The Morgan fingerprint density at radius 1 is 1.15 bits per heavy atom. The molecule has 2 unspecified atom stereocenters. The quantitative estimate of drug-likeness (QED) is 0.433. The van der Waals surface area contributed by atoms with Gasteiger partial charge in [0.15, 0.2) is 8.29 Å². The molecule has 2 atom stereocenters. The highest BCUT2D eigenvalue weighted by atomic mass is 32.2. The number of hydrogen-bond acceptors (Lipinski definition) is 5. The van der Waals surface area contributed by atoms with Gasteiger partial charge in [-0.1, -0.05) is 78.6 Å². The smallest absolute Gasteiger partial charge is 0.233 e. The largest absolute Gasteiger partial charge is 0.355 e. The molecule has 1 amide bonds. The second-order valence-corrected chi connectivity index (χ2v) is 9.41. The van der Waals surface area contributed by atoms with Crippen molar-refractivity contribution in [3.63, 3.8) is 0 Å². The van der Waals surface area contributed by atoms with E-state index in [0.717, 1.165) is 10.0 Å². The molecule has 0 fully saturated rings. The van der Waals surface area contributed by atoms with Crippen LogP contribution in [0.5, 0.6) is 0 Å². The Hall–Kier alpha value is -1.96. The second kappa shape index (κ2) is 9.30. The molecule has 140 valence electrons. The van der Waals surface area contributed by atoms with Crippen molar-refractivity contribution in [1.29, 1.82) is 0 Å². The fraction of sp³-hybridized carbons (Fsp3) is 0.250. The summed E-state index contributed by atoms with van der Waals surface area (Å²) in [5.74, 6) is 0.279. The molecular formula is C20H21N3OS3. The zero-order valence-corrected chi connectivity index (χ0v) is 17.6. The lowest BCUT2D eigenvalue weighted by Crippen LogP contribution is -2.33. The maximum atomic E-state index is 12.5. The van der Waals surface area contributed by atoms with Crippen LogP contribution in [0.4, 0.5) is 0 Å². The number of nitrogens with one attached hydrogen (secondary N) is 1. The monoisotopic (exact) mass is 415 g/mol. The van der Waals surface area contributed by atoms with E-state index in [2.05, 4.69) is 29.5 Å². The van der Waals surface area contributed by atoms with E-state index < -0.39 is 0 Å². The van der Waals surface area contributed by atoms with Gasteiger partial charge in [-0.3, -0.25) is 4.79 Å². The predicted molar refractivity (Wildman–Crippen MR) is 115 cm³/mol. The van der Waals surface area contributed by atoms with E-state index in [1.807, 2.05) is 55.5 Å². The summed E-state index contributed by atoms with van der Waals surface area (Å²) >= 11 is 8.28. The van der Waals surface area contributed by atoms with Gasteiger partial charge in [0.1, 0.15) is 0 Å². The molecule has 0 radical (unpaired) electrons. The maximum Gasteiger partial charge on any atom is 0.233 e. The molecule has 0 bridgehead atoms. The number of aromatic nitrogens is 2. The van der Waals surface area contributed by atoms with E-state index >= 15 is 0 Å². The summed E-state index contributed by atoms with van der Waals surface area (Å²) in [6, 6.07) is 20.0. The van der Waals surface area contributed by atoms with Crippen molar-refractivity contribution in [2.75, 3.05) is 6.54 Å². The molecule has 1 N–H and O–H groups in total. The van der Waals surface area contributed by atoms with Crippen molar-refractivity contribution in [2.24, 2.45) is 0 Å². The number of para-hydroxylation sites is 1. The Bertz CT molecular complexity index is 938. The number of hydrogen-bond donors (Lipinski definition) is 1. The lowest BCUT2D eigenvalue weighted by atomic mass is 10.0. The molecule has 3 rings (SSSR count). The fourth-order valence-corrected chi connectivity index (χ4v) is 5.07. The van der Waals surface area contributed by atoms with Gasteiger partial charge in [0.2, 0.25) is 5.91 Å². The first-order chi connectivity index (χ1) is 13.0. The molecule has 0 aliphatic heterocycles. The van der Waals surface area contributed by atoms with Crippen LogP contribution >= 0.6 is 35.3 Å². The number of benzene rings is 2. The van der Waals surface area contributed by atoms with E-state index in [4.69, 9.17) is 12.2 Å². The molecule has 0 spiro atoms. The van der Waals surface area contributed by atoms with E-state index in [1.165, 1.54) is 28.7 Å². The molecule has 7 heteroatoms. The van der Waals surface area contributed by atoms with Crippen molar-refractivity contribution >= 4 is 41.2 Å². The van der Waals surface area contributed by atoms with E-state index in [-0.39, 0.29) is 17.1 Å². The van der Waals surface area contributed by atoms with Gasteiger partial charge >= 0.3 is 0 Å². The van der Waals surface area contributed by atoms with Gasteiger partial charge in [0.25, 0.3) is 0 Å². The van der Waals surface area contributed by atoms with Crippen LogP contribution in [0, 0.1) is 3.95 Å². The summed E-state index contributed by atoms with van der Waals surface area (Å²) in [5.41, 5.74) is 2.15. The molecule has 27 heavy (non-hydrogen) atoms. The number of carbonyl (C=O) groups excluding carboxylic acids is 1. The Morgan fingerprint density at radius 3 is 2.44 bits per heavy atom. The lowest BCUT2D eigenvalue weighted by molar-refractivity contribution is -0.120. The molecular weight excluding hydrogens is 394 g/mol. The molecule has 1 aromatic heterocycles. The number of amides is 1. The Kier molecular flexibility index (Phi) is 6.82. The van der Waals surface area contributed by atoms with Crippen LogP contribution in [0.3, 0.4) is 0 Å². The molecule has 0 saturated carbocycles. The topological polar surface area (TPSA) is 46.9 Å². The summed E-state index contributed by atoms with van der Waals surface area (Å²) in [6.45, 7) is 4.62. The van der Waals surface area contributed by atoms with Gasteiger partial charge in [0.05, 0.1) is 10.9 Å². The highest BCUT2D eigenvalue weighted by molar-refractivity contribution is 8.02. The van der Waals surface area contributed by atoms with Gasteiger partial charge < -0.3 is 5.32 Å². The summed E-state index contributed by atoms with van der Waals surface area (Å²) < 4.78 is 3.21. The minimum Gasteiger partial charge on any atom is -0.355 e. The van der Waals surface area contributed by atoms with Gasteiger partial charge in [0, 0.05) is 6.54 Å². The Labute approximate surface area is 172 Å². The molecule has 3 aromatic rings. The third-order valence-corrected chi connectivity index (χ3v) is 6.54. The number of nitrogens with zero attached hydrogens (tertiary/aromatic N) is 2. The molecule has 1 heterocycles. The van der Waals surface area contributed by atoms with Crippen LogP contribution in [-0.4, -0.2) is 27.5 Å². The summed E-state index contributed by atoms with van der Waals surface area (Å²) in [5, 5.41) is 7.36. The average molecular weight is 416 g/mol. The summed E-state index contributed by atoms with van der Waals surface area (Å²) in [4.78, 5) is 12.5. The van der Waals surface area contributed by atoms with E-state index in [0.29, 0.717) is 10.5 Å². The van der Waals surface area contributed by atoms with E-state index in [9.17, 15) is 4.79 Å². The first-order valence-electron chi connectivity index (χ1n) is 8.69. The van der Waals surface area contributed by atoms with Crippen molar-refractivity contribution in [3.05, 3.63) is 70.2 Å². The van der Waals surface area contributed by atoms with Crippen LogP contribution in [0.25, 0.3) is 5.69 Å². The second-order valence-electron chi connectivity index (χ2n) is 6.20. The first kappa shape index (κ1) is 19.8. The van der Waals surface area contributed by atoms with Crippen molar-refractivity contribution in [3.8, 4) is 5.69 Å². The third kappa shape index (κ3) is 5.28. The SMILES string of the molecule is CC(Sc1nn(-c2ccccc2)c(=S)s1)C(=O)NCC(C)c1ccccc1. The Balaban J connectivity index is 1.58. The Morgan fingerprint density at radius 2 is 1.78 bits per heavy atom. The van der Waals surface area contributed by atoms with Gasteiger partial charge in [-0.25, -0.2) is 4.68 Å². The van der Waals surface area contributed by atoms with Crippen molar-refractivity contribution < 1.29 is 4.79 Å². The fourth-order valence-electron chi connectivity index (χ4n) is 2.54. The predicted octanol–water partition coefficient (Wildman–Crippen LogP) is 5.06. The van der Waals surface area contributed by atoms with Gasteiger partial charge in [-0.05, 0) is 42.8 Å². The number of rotatable bonds is 7. The number of thioether (sulfide) groups is 1. The molecule has 0 aliphatic carbocycles. The zero-order valence-electron chi connectivity index (χ0n) is 15.2. The van der Waals surface area contributed by atoms with Crippen LogP contribution in [0.15, 0.2) is 65.0 Å².